The molecule has 1 aliphatic heterocycles. The van der Waals surface area contributed by atoms with Crippen molar-refractivity contribution in [1.29, 1.82) is 0 Å². The highest BCUT2D eigenvalue weighted by Crippen LogP contribution is 2.08. The zero-order chi connectivity index (χ0) is 11.8. The van der Waals surface area contributed by atoms with Gasteiger partial charge in [0.1, 0.15) is 0 Å². The first kappa shape index (κ1) is 13.2. The van der Waals surface area contributed by atoms with E-state index in [-0.39, 0.29) is 12.5 Å². The van der Waals surface area contributed by atoms with Gasteiger partial charge in [-0.25, -0.2) is 0 Å². The van der Waals surface area contributed by atoms with Crippen LogP contribution in [0.5, 0.6) is 0 Å². The topological polar surface area (TPSA) is 52.6 Å². The van der Waals surface area contributed by atoms with Crippen molar-refractivity contribution >= 4 is 5.91 Å². The van der Waals surface area contributed by atoms with Crippen LogP contribution in [0.15, 0.2) is 12.7 Å². The number of carbonyl (C=O) groups excluding carboxylic acids is 1. The van der Waals surface area contributed by atoms with E-state index in [9.17, 15) is 4.79 Å². The van der Waals surface area contributed by atoms with Crippen LogP contribution in [0.3, 0.4) is 0 Å². The normalized spacial score (nSPS) is 19.7. The van der Waals surface area contributed by atoms with Gasteiger partial charge in [0, 0.05) is 25.6 Å². The van der Waals surface area contributed by atoms with Crippen LogP contribution in [0.4, 0.5) is 0 Å². The molecule has 16 heavy (non-hydrogen) atoms. The standard InChI is InChI=1S/C12H22N2O2/c1-2-3-6-12(16)14(8-9-15)10-11-5-4-7-13-11/h2,11,13,15H,1,3-10H2. The molecule has 0 aliphatic carbocycles. The Kier molecular flexibility index (Phi) is 6.11. The molecule has 1 amide bonds. The molecule has 0 aromatic carbocycles. The van der Waals surface area contributed by atoms with E-state index in [4.69, 9.17) is 5.11 Å². The third kappa shape index (κ3) is 4.33. The fourth-order valence-electron chi connectivity index (χ4n) is 2.00. The number of allylic oxidation sites excluding steroid dienone is 1. The first-order chi connectivity index (χ1) is 7.77. The summed E-state index contributed by atoms with van der Waals surface area (Å²) < 4.78 is 0. The predicted molar refractivity (Wildman–Crippen MR) is 64.1 cm³/mol. The highest BCUT2D eigenvalue weighted by Gasteiger charge is 2.20. The maximum atomic E-state index is 11.8. The molecule has 1 atom stereocenters. The molecule has 1 aliphatic rings. The molecule has 0 spiro atoms. The van der Waals surface area contributed by atoms with Gasteiger partial charge in [-0.05, 0) is 25.8 Å². The fourth-order valence-corrected chi connectivity index (χ4v) is 2.00. The van der Waals surface area contributed by atoms with Crippen LogP contribution in [0.1, 0.15) is 25.7 Å². The minimum Gasteiger partial charge on any atom is -0.395 e. The van der Waals surface area contributed by atoms with E-state index in [0.717, 1.165) is 19.5 Å². The van der Waals surface area contributed by atoms with Crippen LogP contribution in [0.2, 0.25) is 0 Å². The van der Waals surface area contributed by atoms with E-state index in [1.165, 1.54) is 6.42 Å². The van der Waals surface area contributed by atoms with Crippen molar-refractivity contribution in [2.75, 3.05) is 26.2 Å². The SMILES string of the molecule is C=CCCC(=O)N(CCO)CC1CCCN1. The summed E-state index contributed by atoms with van der Waals surface area (Å²) in [5.74, 6) is 0.114. The van der Waals surface area contributed by atoms with Crippen LogP contribution >= 0.6 is 0 Å². The van der Waals surface area contributed by atoms with Gasteiger partial charge in [-0.1, -0.05) is 6.08 Å². The van der Waals surface area contributed by atoms with Crippen LogP contribution in [-0.2, 0) is 4.79 Å². The number of nitrogens with zero attached hydrogens (tertiary/aromatic N) is 1. The summed E-state index contributed by atoms with van der Waals surface area (Å²) in [6.07, 6.45) is 5.26. The maximum Gasteiger partial charge on any atom is 0.223 e. The monoisotopic (exact) mass is 226 g/mol. The molecule has 2 N–H and O–H groups in total. The number of hydrogen-bond acceptors (Lipinski definition) is 3. The molecule has 1 unspecified atom stereocenters. The number of rotatable bonds is 7. The Labute approximate surface area is 97.3 Å². The summed E-state index contributed by atoms with van der Waals surface area (Å²) in [6.45, 7) is 5.84. The molecule has 1 heterocycles. The molecule has 0 radical (unpaired) electrons. The minimum atomic E-state index is 0.0343. The number of aliphatic hydroxyl groups excluding tert-OH is 1. The molecule has 1 saturated heterocycles. The second-order valence-electron chi connectivity index (χ2n) is 4.18. The Morgan fingerprint density at radius 1 is 1.62 bits per heavy atom. The second-order valence-corrected chi connectivity index (χ2v) is 4.18. The summed E-state index contributed by atoms with van der Waals surface area (Å²) in [5, 5.41) is 12.3. The van der Waals surface area contributed by atoms with E-state index in [1.807, 2.05) is 0 Å². The maximum absolute atomic E-state index is 11.8. The molecular weight excluding hydrogens is 204 g/mol. The molecule has 0 aromatic heterocycles. The van der Waals surface area contributed by atoms with Gasteiger partial charge in [-0.3, -0.25) is 4.79 Å². The van der Waals surface area contributed by atoms with E-state index in [0.29, 0.717) is 25.4 Å². The third-order valence-corrected chi connectivity index (χ3v) is 2.89. The van der Waals surface area contributed by atoms with Gasteiger partial charge in [0.05, 0.1) is 6.61 Å². The molecule has 92 valence electrons. The summed E-state index contributed by atoms with van der Waals surface area (Å²) in [5.41, 5.74) is 0. The lowest BCUT2D eigenvalue weighted by molar-refractivity contribution is -0.132. The predicted octanol–water partition coefficient (Wildman–Crippen LogP) is 0.525. The molecule has 0 saturated carbocycles. The quantitative estimate of drug-likeness (QED) is 0.622. The van der Waals surface area contributed by atoms with Gasteiger partial charge in [-0.15, -0.1) is 6.58 Å². The van der Waals surface area contributed by atoms with Gasteiger partial charge < -0.3 is 15.3 Å². The van der Waals surface area contributed by atoms with E-state index >= 15 is 0 Å². The molecule has 1 rings (SSSR count). The summed E-state index contributed by atoms with van der Waals surface area (Å²) in [7, 11) is 0. The van der Waals surface area contributed by atoms with Crippen molar-refractivity contribution in [3.05, 3.63) is 12.7 Å². The first-order valence-electron chi connectivity index (χ1n) is 6.01. The smallest absolute Gasteiger partial charge is 0.223 e. The van der Waals surface area contributed by atoms with Crippen LogP contribution in [0, 0.1) is 0 Å². The molecule has 4 heteroatoms. The van der Waals surface area contributed by atoms with E-state index in [2.05, 4.69) is 11.9 Å². The lowest BCUT2D eigenvalue weighted by atomic mass is 10.2. The number of nitrogens with one attached hydrogen (secondary N) is 1. The summed E-state index contributed by atoms with van der Waals surface area (Å²) in [4.78, 5) is 13.6. The summed E-state index contributed by atoms with van der Waals surface area (Å²) >= 11 is 0. The Morgan fingerprint density at radius 3 is 3.00 bits per heavy atom. The highest BCUT2D eigenvalue weighted by atomic mass is 16.3. The number of hydrogen-bond donors (Lipinski definition) is 2. The average Bonchev–Trinajstić information content (AvgIpc) is 2.78. The Bertz CT molecular complexity index is 225. The van der Waals surface area contributed by atoms with Gasteiger partial charge in [0.25, 0.3) is 0 Å². The van der Waals surface area contributed by atoms with Gasteiger partial charge in [0.15, 0.2) is 0 Å². The zero-order valence-corrected chi connectivity index (χ0v) is 9.82. The van der Waals surface area contributed by atoms with E-state index in [1.54, 1.807) is 11.0 Å². The van der Waals surface area contributed by atoms with Crippen LogP contribution < -0.4 is 5.32 Å². The molecule has 1 fully saturated rings. The van der Waals surface area contributed by atoms with Gasteiger partial charge >= 0.3 is 0 Å². The number of amides is 1. The van der Waals surface area contributed by atoms with Crippen molar-refractivity contribution in [2.45, 2.75) is 31.7 Å². The van der Waals surface area contributed by atoms with Crippen LogP contribution in [-0.4, -0.2) is 48.2 Å². The molecule has 0 aromatic rings. The number of aliphatic hydroxyl groups is 1. The van der Waals surface area contributed by atoms with Crippen molar-refractivity contribution in [3.8, 4) is 0 Å². The second kappa shape index (κ2) is 7.41. The summed E-state index contributed by atoms with van der Waals surface area (Å²) in [6, 6.07) is 0.402. The van der Waals surface area contributed by atoms with Crippen molar-refractivity contribution in [3.63, 3.8) is 0 Å². The highest BCUT2D eigenvalue weighted by molar-refractivity contribution is 5.76. The van der Waals surface area contributed by atoms with Crippen molar-refractivity contribution in [1.82, 2.24) is 10.2 Å². The lowest BCUT2D eigenvalue weighted by Gasteiger charge is -2.25. The van der Waals surface area contributed by atoms with Crippen molar-refractivity contribution in [2.24, 2.45) is 0 Å². The molecular formula is C12H22N2O2. The zero-order valence-electron chi connectivity index (χ0n) is 9.82. The molecule has 0 bridgehead atoms. The Hall–Kier alpha value is -0.870. The Balaban J connectivity index is 2.38. The third-order valence-electron chi connectivity index (χ3n) is 2.89. The number of carbonyl (C=O) groups is 1. The first-order valence-corrected chi connectivity index (χ1v) is 6.01. The van der Waals surface area contributed by atoms with Gasteiger partial charge in [0.2, 0.25) is 5.91 Å². The molecule has 4 nitrogen and oxygen atoms in total. The van der Waals surface area contributed by atoms with E-state index < -0.39 is 0 Å². The average molecular weight is 226 g/mol. The lowest BCUT2D eigenvalue weighted by Crippen LogP contribution is -2.42. The minimum absolute atomic E-state index is 0.0343. The van der Waals surface area contributed by atoms with Crippen LogP contribution in [0.25, 0.3) is 0 Å². The largest absolute Gasteiger partial charge is 0.395 e. The van der Waals surface area contributed by atoms with Crippen molar-refractivity contribution < 1.29 is 9.90 Å². The van der Waals surface area contributed by atoms with Gasteiger partial charge in [-0.2, -0.15) is 0 Å². The fraction of sp³-hybridized carbons (Fsp3) is 0.750. The Morgan fingerprint density at radius 2 is 2.44 bits per heavy atom.